The minimum Gasteiger partial charge on any atom is -0.465 e. The minimum absolute atomic E-state index is 0.246. The number of nitrogens with zero attached hydrogens (tertiary/aromatic N) is 5. The van der Waals surface area contributed by atoms with Gasteiger partial charge in [0.05, 0.1) is 13.2 Å². The van der Waals surface area contributed by atoms with Gasteiger partial charge in [0.25, 0.3) is 0 Å². The summed E-state index contributed by atoms with van der Waals surface area (Å²) in [7, 11) is 1.65. The predicted octanol–water partition coefficient (Wildman–Crippen LogP) is 1.67. The molecule has 10 heteroatoms. The lowest BCUT2D eigenvalue weighted by Gasteiger charge is -2.40. The molecule has 0 aliphatic carbocycles. The Morgan fingerprint density at radius 3 is 2.50 bits per heavy atom. The highest BCUT2D eigenvalue weighted by Gasteiger charge is 2.26. The van der Waals surface area contributed by atoms with Crippen molar-refractivity contribution in [1.82, 2.24) is 25.1 Å². The van der Waals surface area contributed by atoms with Crippen LogP contribution in [-0.2, 0) is 16.1 Å². The summed E-state index contributed by atoms with van der Waals surface area (Å²) < 4.78 is 5.47. The Morgan fingerprint density at radius 2 is 1.82 bits per heavy atom. The van der Waals surface area contributed by atoms with E-state index in [0.29, 0.717) is 12.6 Å². The van der Waals surface area contributed by atoms with Crippen molar-refractivity contribution in [3.63, 3.8) is 0 Å². The zero-order valence-electron chi connectivity index (χ0n) is 19.5. The van der Waals surface area contributed by atoms with Crippen molar-refractivity contribution in [2.45, 2.75) is 25.4 Å². The zero-order valence-corrected chi connectivity index (χ0v) is 19.5. The topological polar surface area (TPSA) is 111 Å². The number of benzene rings is 1. The lowest BCUT2D eigenvalue weighted by Crippen LogP contribution is -2.49. The lowest BCUT2D eigenvalue weighted by molar-refractivity contribution is -0.129. The van der Waals surface area contributed by atoms with E-state index in [1.165, 1.54) is 4.90 Å². The highest BCUT2D eigenvalue weighted by molar-refractivity contribution is 5.81. The maximum absolute atomic E-state index is 12.1. The molecule has 4 rings (SSSR count). The summed E-state index contributed by atoms with van der Waals surface area (Å²) >= 11 is 0. The summed E-state index contributed by atoms with van der Waals surface area (Å²) in [5.41, 5.74) is 2.83. The van der Waals surface area contributed by atoms with Gasteiger partial charge in [0.15, 0.2) is 0 Å². The van der Waals surface area contributed by atoms with E-state index in [1.54, 1.807) is 7.05 Å². The lowest BCUT2D eigenvalue weighted by atomic mass is 10.0. The van der Waals surface area contributed by atoms with Crippen LogP contribution in [0.2, 0.25) is 0 Å². The molecular weight excluding hydrogens is 436 g/mol. The summed E-state index contributed by atoms with van der Waals surface area (Å²) in [6, 6.07) is 8.48. The number of nitrogens with one attached hydrogen (secondary N) is 1. The molecule has 1 aromatic carbocycles. The Labute approximate surface area is 199 Å². The SMILES string of the molecule is CN(Cc1cccc(-c2cnc(N3CCC(N4CCOCC4)CC3)nc2)c1)C(=O)CNC(=O)O. The van der Waals surface area contributed by atoms with E-state index in [2.05, 4.69) is 25.1 Å². The van der Waals surface area contributed by atoms with Gasteiger partial charge in [-0.05, 0) is 30.0 Å². The fourth-order valence-electron chi connectivity index (χ4n) is 4.50. The Morgan fingerprint density at radius 1 is 1.12 bits per heavy atom. The average molecular weight is 469 g/mol. The standard InChI is InChI=1S/C24H32N6O4/c1-28(22(31)16-27-24(32)33)17-18-3-2-4-19(13-18)20-14-25-23(26-15-20)30-7-5-21(6-8-30)29-9-11-34-12-10-29/h2-4,13-15,21,27H,5-12,16-17H2,1H3,(H,32,33). The molecule has 3 heterocycles. The van der Waals surface area contributed by atoms with Gasteiger partial charge in [-0.1, -0.05) is 18.2 Å². The van der Waals surface area contributed by atoms with Crippen LogP contribution in [-0.4, -0.2) is 95.9 Å². The van der Waals surface area contributed by atoms with Crippen molar-refractivity contribution < 1.29 is 19.4 Å². The fraction of sp³-hybridized carbons (Fsp3) is 0.500. The van der Waals surface area contributed by atoms with Crippen molar-refractivity contribution >= 4 is 17.9 Å². The van der Waals surface area contributed by atoms with Crippen molar-refractivity contribution in [3.8, 4) is 11.1 Å². The smallest absolute Gasteiger partial charge is 0.405 e. The number of hydrogen-bond donors (Lipinski definition) is 2. The molecule has 182 valence electrons. The van der Waals surface area contributed by atoms with Crippen molar-refractivity contribution in [2.75, 3.05) is 57.9 Å². The van der Waals surface area contributed by atoms with Crippen LogP contribution in [0.4, 0.5) is 10.7 Å². The van der Waals surface area contributed by atoms with Crippen molar-refractivity contribution in [1.29, 1.82) is 0 Å². The number of carbonyl (C=O) groups excluding carboxylic acids is 1. The number of likely N-dealkylation sites (N-methyl/N-ethyl adjacent to an activating group) is 1. The van der Waals surface area contributed by atoms with Gasteiger partial charge in [-0.15, -0.1) is 0 Å². The number of carbonyl (C=O) groups is 2. The number of carboxylic acid groups (broad SMARTS) is 1. The summed E-state index contributed by atoms with van der Waals surface area (Å²) in [5, 5.41) is 10.8. The monoisotopic (exact) mass is 468 g/mol. The summed E-state index contributed by atoms with van der Waals surface area (Å²) in [4.78, 5) is 38.2. The second kappa shape index (κ2) is 11.3. The first kappa shape index (κ1) is 23.9. The van der Waals surface area contributed by atoms with E-state index >= 15 is 0 Å². The summed E-state index contributed by atoms with van der Waals surface area (Å²) in [6.45, 7) is 5.76. The van der Waals surface area contributed by atoms with E-state index in [4.69, 9.17) is 9.84 Å². The molecule has 2 aliphatic heterocycles. The van der Waals surface area contributed by atoms with Gasteiger partial charge >= 0.3 is 6.09 Å². The normalized spacial score (nSPS) is 17.4. The molecule has 1 aromatic heterocycles. The number of amides is 2. The molecular formula is C24H32N6O4. The second-order valence-electron chi connectivity index (χ2n) is 8.75. The van der Waals surface area contributed by atoms with Gasteiger partial charge in [0.1, 0.15) is 6.54 Å². The number of morpholine rings is 1. The first-order chi connectivity index (χ1) is 16.5. The average Bonchev–Trinajstić information content (AvgIpc) is 2.88. The molecule has 2 amide bonds. The second-order valence-corrected chi connectivity index (χ2v) is 8.75. The Hall–Kier alpha value is -3.24. The first-order valence-electron chi connectivity index (χ1n) is 11.7. The highest BCUT2D eigenvalue weighted by Crippen LogP contribution is 2.24. The number of hydrogen-bond acceptors (Lipinski definition) is 7. The van der Waals surface area contributed by atoms with E-state index in [-0.39, 0.29) is 12.5 Å². The first-order valence-corrected chi connectivity index (χ1v) is 11.7. The van der Waals surface area contributed by atoms with Gasteiger partial charge in [-0.3, -0.25) is 9.69 Å². The molecule has 0 spiro atoms. The predicted molar refractivity (Wildman–Crippen MR) is 128 cm³/mol. The Bertz CT molecular complexity index is 972. The molecule has 2 saturated heterocycles. The van der Waals surface area contributed by atoms with Crippen LogP contribution >= 0.6 is 0 Å². The summed E-state index contributed by atoms with van der Waals surface area (Å²) in [6.07, 6.45) is 4.71. The molecule has 10 nitrogen and oxygen atoms in total. The number of aromatic nitrogens is 2. The highest BCUT2D eigenvalue weighted by atomic mass is 16.5. The number of anilines is 1. The fourth-order valence-corrected chi connectivity index (χ4v) is 4.50. The Kier molecular flexibility index (Phi) is 7.91. The van der Waals surface area contributed by atoms with Gasteiger partial charge < -0.3 is 25.0 Å². The molecule has 0 radical (unpaired) electrons. The number of piperidine rings is 1. The molecule has 2 fully saturated rings. The molecule has 2 aromatic rings. The van der Waals surface area contributed by atoms with Crippen molar-refractivity contribution in [3.05, 3.63) is 42.2 Å². The molecule has 0 bridgehead atoms. The van der Waals surface area contributed by atoms with Crippen LogP contribution in [0.5, 0.6) is 0 Å². The zero-order chi connectivity index (χ0) is 23.9. The van der Waals surface area contributed by atoms with Gasteiger partial charge in [0.2, 0.25) is 11.9 Å². The van der Waals surface area contributed by atoms with E-state index in [0.717, 1.165) is 74.9 Å². The minimum atomic E-state index is -1.21. The molecule has 2 aliphatic rings. The van der Waals surface area contributed by atoms with E-state index < -0.39 is 6.09 Å². The molecule has 0 saturated carbocycles. The third-order valence-corrected chi connectivity index (χ3v) is 6.44. The van der Waals surface area contributed by atoms with Crippen LogP contribution in [0.3, 0.4) is 0 Å². The van der Waals surface area contributed by atoms with Crippen LogP contribution in [0.25, 0.3) is 11.1 Å². The quantitative estimate of drug-likeness (QED) is 0.631. The van der Waals surface area contributed by atoms with E-state index in [9.17, 15) is 9.59 Å². The molecule has 2 N–H and O–H groups in total. The molecule has 0 atom stereocenters. The maximum Gasteiger partial charge on any atom is 0.405 e. The van der Waals surface area contributed by atoms with Crippen molar-refractivity contribution in [2.24, 2.45) is 0 Å². The number of rotatable bonds is 7. The molecule has 0 unspecified atom stereocenters. The van der Waals surface area contributed by atoms with Crippen LogP contribution in [0.1, 0.15) is 18.4 Å². The number of ether oxygens (including phenoxy) is 1. The van der Waals surface area contributed by atoms with Gasteiger partial charge in [0, 0.05) is 63.8 Å². The van der Waals surface area contributed by atoms with Crippen LogP contribution < -0.4 is 10.2 Å². The van der Waals surface area contributed by atoms with E-state index in [1.807, 2.05) is 36.7 Å². The third kappa shape index (κ3) is 6.21. The maximum atomic E-state index is 12.1. The van der Waals surface area contributed by atoms with Crippen LogP contribution in [0, 0.1) is 0 Å². The molecule has 34 heavy (non-hydrogen) atoms. The van der Waals surface area contributed by atoms with Crippen LogP contribution in [0.15, 0.2) is 36.7 Å². The van der Waals surface area contributed by atoms with Gasteiger partial charge in [-0.25, -0.2) is 14.8 Å². The Balaban J connectivity index is 1.33. The third-order valence-electron chi connectivity index (χ3n) is 6.44. The largest absolute Gasteiger partial charge is 0.465 e. The summed E-state index contributed by atoms with van der Waals surface area (Å²) in [5.74, 6) is 0.467. The van der Waals surface area contributed by atoms with Gasteiger partial charge in [-0.2, -0.15) is 0 Å².